The zero-order valence-corrected chi connectivity index (χ0v) is 11.3. The van der Waals surface area contributed by atoms with Crippen LogP contribution in [-0.4, -0.2) is 49.2 Å². The summed E-state index contributed by atoms with van der Waals surface area (Å²) in [6, 6.07) is 1.42. The molecule has 9 heteroatoms. The summed E-state index contributed by atoms with van der Waals surface area (Å²) >= 11 is 1.28. The molecule has 1 atom stereocenters. The van der Waals surface area contributed by atoms with Crippen LogP contribution in [-0.2, 0) is 11.3 Å². The minimum Gasteiger partial charge on any atom is -0.480 e. The van der Waals surface area contributed by atoms with Gasteiger partial charge in [-0.1, -0.05) is 11.3 Å². The van der Waals surface area contributed by atoms with E-state index >= 15 is 0 Å². The summed E-state index contributed by atoms with van der Waals surface area (Å²) in [4.78, 5) is 29.7. The number of aliphatic carboxylic acids is 1. The Morgan fingerprint density at radius 2 is 2.40 bits per heavy atom. The molecule has 2 aromatic rings. The van der Waals surface area contributed by atoms with Crippen LogP contribution in [0, 0.1) is 0 Å². The highest BCUT2D eigenvalue weighted by atomic mass is 32.1. The molecule has 3 N–H and O–H groups in total. The first-order valence-corrected chi connectivity index (χ1v) is 6.93. The van der Waals surface area contributed by atoms with Gasteiger partial charge in [-0.3, -0.25) is 14.5 Å². The lowest BCUT2D eigenvalue weighted by Gasteiger charge is -2.19. The SMILES string of the molecule is NC1(C(=O)O)CCN(Cc2cc(=O)n3ncsc3n2)C1. The Labute approximate surface area is 117 Å². The number of carboxylic acids is 1. The summed E-state index contributed by atoms with van der Waals surface area (Å²) in [6.45, 7) is 1.24. The fourth-order valence-electron chi connectivity index (χ4n) is 2.34. The molecule has 1 unspecified atom stereocenters. The van der Waals surface area contributed by atoms with Crippen LogP contribution in [0.4, 0.5) is 0 Å². The topological polar surface area (TPSA) is 114 Å². The van der Waals surface area contributed by atoms with Crippen LogP contribution in [0.2, 0.25) is 0 Å². The Kier molecular flexibility index (Phi) is 3.04. The zero-order valence-electron chi connectivity index (χ0n) is 10.5. The summed E-state index contributed by atoms with van der Waals surface area (Å²) < 4.78 is 1.24. The van der Waals surface area contributed by atoms with Crippen LogP contribution in [0.3, 0.4) is 0 Å². The number of aromatic nitrogens is 3. The molecule has 0 bridgehead atoms. The highest BCUT2D eigenvalue weighted by molar-refractivity contribution is 7.14. The number of nitrogens with two attached hydrogens (primary N) is 1. The van der Waals surface area contributed by atoms with Crippen LogP contribution in [0.1, 0.15) is 12.1 Å². The van der Waals surface area contributed by atoms with Crippen molar-refractivity contribution in [3.05, 3.63) is 27.6 Å². The molecule has 106 valence electrons. The maximum Gasteiger partial charge on any atom is 0.325 e. The average molecular weight is 295 g/mol. The number of rotatable bonds is 3. The van der Waals surface area contributed by atoms with Gasteiger partial charge in [-0.25, -0.2) is 4.98 Å². The lowest BCUT2D eigenvalue weighted by Crippen LogP contribution is -2.50. The summed E-state index contributed by atoms with van der Waals surface area (Å²) in [5, 5.41) is 13.0. The van der Waals surface area contributed by atoms with Crippen molar-refractivity contribution in [1.29, 1.82) is 0 Å². The zero-order chi connectivity index (χ0) is 14.3. The second kappa shape index (κ2) is 4.62. The van der Waals surface area contributed by atoms with Crippen LogP contribution in [0.5, 0.6) is 0 Å². The Morgan fingerprint density at radius 1 is 1.60 bits per heavy atom. The van der Waals surface area contributed by atoms with Crippen molar-refractivity contribution in [2.45, 2.75) is 18.5 Å². The van der Waals surface area contributed by atoms with E-state index in [0.29, 0.717) is 30.2 Å². The molecule has 1 fully saturated rings. The molecule has 3 heterocycles. The van der Waals surface area contributed by atoms with Gasteiger partial charge < -0.3 is 10.8 Å². The number of fused-ring (bicyclic) bond motifs is 1. The first-order valence-electron chi connectivity index (χ1n) is 6.05. The summed E-state index contributed by atoms with van der Waals surface area (Å²) in [6.07, 6.45) is 0.393. The molecule has 3 rings (SSSR count). The fraction of sp³-hybridized carbons (Fsp3) is 0.455. The lowest BCUT2D eigenvalue weighted by molar-refractivity contribution is -0.142. The molecule has 0 amide bonds. The molecular formula is C11H13N5O3S. The van der Waals surface area contributed by atoms with E-state index in [1.807, 2.05) is 4.90 Å². The smallest absolute Gasteiger partial charge is 0.325 e. The molecule has 2 aromatic heterocycles. The largest absolute Gasteiger partial charge is 0.480 e. The van der Waals surface area contributed by atoms with Crippen molar-refractivity contribution in [1.82, 2.24) is 19.5 Å². The van der Waals surface area contributed by atoms with E-state index in [0.717, 1.165) is 0 Å². The molecule has 0 aliphatic carbocycles. The third kappa shape index (κ3) is 2.19. The Hall–Kier alpha value is -1.84. The maximum absolute atomic E-state index is 11.8. The normalized spacial score (nSPS) is 23.4. The maximum atomic E-state index is 11.8. The summed E-state index contributed by atoms with van der Waals surface area (Å²) in [5.74, 6) is -0.995. The summed E-state index contributed by atoms with van der Waals surface area (Å²) in [7, 11) is 0. The van der Waals surface area contributed by atoms with Gasteiger partial charge in [0.05, 0.1) is 5.69 Å². The number of nitrogens with zero attached hydrogens (tertiary/aromatic N) is 4. The van der Waals surface area contributed by atoms with E-state index in [1.165, 1.54) is 21.9 Å². The van der Waals surface area contributed by atoms with Gasteiger partial charge in [-0.15, -0.1) is 0 Å². The van der Waals surface area contributed by atoms with Crippen molar-refractivity contribution in [3.8, 4) is 0 Å². The number of carboxylic acid groups (broad SMARTS) is 1. The average Bonchev–Trinajstić information content (AvgIpc) is 2.97. The highest BCUT2D eigenvalue weighted by Crippen LogP contribution is 2.20. The van der Waals surface area contributed by atoms with Crippen molar-refractivity contribution in [3.63, 3.8) is 0 Å². The lowest BCUT2D eigenvalue weighted by atomic mass is 10.0. The molecule has 20 heavy (non-hydrogen) atoms. The fourth-order valence-corrected chi connectivity index (χ4v) is 2.98. The van der Waals surface area contributed by atoms with Gasteiger partial charge in [0, 0.05) is 25.7 Å². The molecule has 1 aliphatic heterocycles. The van der Waals surface area contributed by atoms with Crippen molar-refractivity contribution < 1.29 is 9.90 Å². The van der Waals surface area contributed by atoms with Crippen LogP contribution in [0.15, 0.2) is 16.4 Å². The number of hydrogen-bond acceptors (Lipinski definition) is 7. The highest BCUT2D eigenvalue weighted by Gasteiger charge is 2.41. The molecule has 0 saturated carbocycles. The first-order chi connectivity index (χ1) is 9.48. The van der Waals surface area contributed by atoms with Crippen LogP contribution >= 0.6 is 11.3 Å². The van der Waals surface area contributed by atoms with Crippen LogP contribution in [0.25, 0.3) is 4.96 Å². The van der Waals surface area contributed by atoms with Crippen molar-refractivity contribution in [2.24, 2.45) is 5.73 Å². The van der Waals surface area contributed by atoms with E-state index in [-0.39, 0.29) is 12.1 Å². The van der Waals surface area contributed by atoms with Crippen molar-refractivity contribution in [2.75, 3.05) is 13.1 Å². The van der Waals surface area contributed by atoms with Gasteiger partial charge >= 0.3 is 5.97 Å². The molecule has 8 nitrogen and oxygen atoms in total. The predicted octanol–water partition coefficient (Wildman–Crippen LogP) is -0.861. The van der Waals surface area contributed by atoms with Gasteiger partial charge in [-0.05, 0) is 6.42 Å². The Morgan fingerprint density at radius 3 is 3.10 bits per heavy atom. The molecular weight excluding hydrogens is 282 g/mol. The second-order valence-corrected chi connectivity index (χ2v) is 5.75. The van der Waals surface area contributed by atoms with E-state index in [4.69, 9.17) is 10.8 Å². The minimum atomic E-state index is -1.20. The summed E-state index contributed by atoms with van der Waals surface area (Å²) in [5.41, 5.74) is 6.54. The van der Waals surface area contributed by atoms with Gasteiger partial charge in [0.25, 0.3) is 5.56 Å². The molecule has 0 aromatic carbocycles. The number of hydrogen-bond donors (Lipinski definition) is 2. The van der Waals surface area contributed by atoms with Gasteiger partial charge in [0.15, 0.2) is 0 Å². The van der Waals surface area contributed by atoms with E-state index < -0.39 is 11.5 Å². The quantitative estimate of drug-likeness (QED) is 0.757. The molecule has 1 aliphatic rings. The van der Waals surface area contributed by atoms with Gasteiger partial charge in [0.1, 0.15) is 11.0 Å². The van der Waals surface area contributed by atoms with Gasteiger partial charge in [-0.2, -0.15) is 9.61 Å². The van der Waals surface area contributed by atoms with Crippen LogP contribution < -0.4 is 11.3 Å². The number of likely N-dealkylation sites (tertiary alicyclic amines) is 1. The molecule has 0 spiro atoms. The molecule has 0 radical (unpaired) electrons. The molecule has 1 saturated heterocycles. The van der Waals surface area contributed by atoms with Crippen molar-refractivity contribution >= 4 is 22.3 Å². The Balaban J connectivity index is 1.81. The Bertz CT molecular complexity index is 726. The number of carbonyl (C=O) groups is 1. The third-order valence-electron chi connectivity index (χ3n) is 3.43. The first kappa shape index (κ1) is 13.2. The second-order valence-electron chi connectivity index (χ2n) is 4.94. The standard InChI is InChI=1S/C11H13N5O3S/c12-11(9(18)19)1-2-15(5-11)4-7-3-8(17)16-10(14-7)20-6-13-16/h3,6H,1-2,4-5,12H2,(H,18,19). The third-order valence-corrected chi connectivity index (χ3v) is 4.11. The monoisotopic (exact) mass is 295 g/mol. The van der Waals surface area contributed by atoms with E-state index in [2.05, 4.69) is 10.1 Å². The minimum absolute atomic E-state index is 0.234. The predicted molar refractivity (Wildman–Crippen MR) is 71.6 cm³/mol. The van der Waals surface area contributed by atoms with E-state index in [1.54, 1.807) is 5.51 Å². The van der Waals surface area contributed by atoms with Gasteiger partial charge in [0.2, 0.25) is 4.96 Å². The van der Waals surface area contributed by atoms with E-state index in [9.17, 15) is 9.59 Å².